The molecule has 4 heteroatoms. The molecule has 0 saturated carbocycles. The van der Waals surface area contributed by atoms with Crippen LogP contribution in [0.3, 0.4) is 0 Å². The van der Waals surface area contributed by atoms with E-state index in [1.165, 1.54) is 0 Å². The van der Waals surface area contributed by atoms with Crippen molar-refractivity contribution in [1.29, 1.82) is 0 Å². The van der Waals surface area contributed by atoms with E-state index in [2.05, 4.69) is 24.1 Å². The van der Waals surface area contributed by atoms with Gasteiger partial charge in [0.25, 0.3) is 0 Å². The molecule has 2 aromatic rings. The van der Waals surface area contributed by atoms with Gasteiger partial charge in [0, 0.05) is 24.3 Å². The number of nitrogens with one attached hydrogen (secondary N) is 1. The van der Waals surface area contributed by atoms with Gasteiger partial charge in [0.15, 0.2) is 11.6 Å². The van der Waals surface area contributed by atoms with E-state index in [-0.39, 0.29) is 11.6 Å². The average Bonchev–Trinajstić information content (AvgIpc) is 2.41. The number of nitrogens with zero attached hydrogens (tertiary/aromatic N) is 1. The fourth-order valence-electron chi connectivity index (χ4n) is 2.00. The Morgan fingerprint density at radius 2 is 2.00 bits per heavy atom. The first-order chi connectivity index (χ1) is 9.95. The van der Waals surface area contributed by atoms with E-state index in [0.29, 0.717) is 17.5 Å². The van der Waals surface area contributed by atoms with E-state index >= 15 is 0 Å². The molecule has 0 radical (unpaired) electrons. The van der Waals surface area contributed by atoms with E-state index < -0.39 is 0 Å². The molecular formula is C17H21FN2O. The van der Waals surface area contributed by atoms with Crippen LogP contribution in [-0.2, 0) is 6.54 Å². The molecule has 3 nitrogen and oxygen atoms in total. The molecule has 21 heavy (non-hydrogen) atoms. The van der Waals surface area contributed by atoms with Crippen LogP contribution in [0.4, 0.5) is 4.39 Å². The highest BCUT2D eigenvalue weighted by atomic mass is 19.1. The number of hydrogen-bond acceptors (Lipinski definition) is 3. The second-order valence-electron chi connectivity index (χ2n) is 5.48. The lowest BCUT2D eigenvalue weighted by molar-refractivity contribution is 0.423. The Morgan fingerprint density at radius 1 is 1.24 bits per heavy atom. The summed E-state index contributed by atoms with van der Waals surface area (Å²) in [6, 6.07) is 9.32. The molecule has 2 rings (SSSR count). The Hall–Kier alpha value is -1.94. The smallest absolute Gasteiger partial charge is 0.219 e. The first-order valence-electron chi connectivity index (χ1n) is 7.09. The molecule has 0 aliphatic rings. The lowest BCUT2D eigenvalue weighted by atomic mass is 10.2. The van der Waals surface area contributed by atoms with Gasteiger partial charge >= 0.3 is 0 Å². The second-order valence-corrected chi connectivity index (χ2v) is 5.48. The van der Waals surface area contributed by atoms with Gasteiger partial charge in [0.2, 0.25) is 5.88 Å². The van der Waals surface area contributed by atoms with Gasteiger partial charge in [-0.2, -0.15) is 0 Å². The lowest BCUT2D eigenvalue weighted by Gasteiger charge is -2.12. The lowest BCUT2D eigenvalue weighted by Crippen LogP contribution is -2.21. The maximum absolute atomic E-state index is 14.0. The zero-order chi connectivity index (χ0) is 15.4. The summed E-state index contributed by atoms with van der Waals surface area (Å²) < 4.78 is 19.6. The molecule has 0 atom stereocenters. The monoisotopic (exact) mass is 288 g/mol. The number of benzene rings is 1. The van der Waals surface area contributed by atoms with E-state index in [1.807, 2.05) is 19.1 Å². The molecule has 1 aromatic heterocycles. The summed E-state index contributed by atoms with van der Waals surface area (Å²) >= 11 is 0. The normalized spacial score (nSPS) is 11.0. The highest BCUT2D eigenvalue weighted by Gasteiger charge is 2.09. The summed E-state index contributed by atoms with van der Waals surface area (Å²) in [6.07, 6.45) is 0. The van der Waals surface area contributed by atoms with Crippen LogP contribution in [0.25, 0.3) is 0 Å². The fraction of sp³-hybridized carbons (Fsp3) is 0.353. The topological polar surface area (TPSA) is 34.1 Å². The molecule has 0 unspecified atom stereocenters. The predicted octanol–water partition coefficient (Wildman–Crippen LogP) is 4.13. The zero-order valence-electron chi connectivity index (χ0n) is 12.9. The Kier molecular flexibility index (Phi) is 4.91. The van der Waals surface area contributed by atoms with Crippen molar-refractivity contribution in [2.24, 2.45) is 0 Å². The number of ether oxygens (including phenoxy) is 1. The minimum Gasteiger partial charge on any atom is -0.436 e. The summed E-state index contributed by atoms with van der Waals surface area (Å²) in [6.45, 7) is 8.52. The molecule has 1 N–H and O–H groups in total. The summed E-state index contributed by atoms with van der Waals surface area (Å²) in [7, 11) is 0. The van der Waals surface area contributed by atoms with Gasteiger partial charge < -0.3 is 10.1 Å². The molecule has 0 bridgehead atoms. The van der Waals surface area contributed by atoms with Crippen LogP contribution in [0.15, 0.2) is 30.3 Å². The van der Waals surface area contributed by atoms with Crippen LogP contribution < -0.4 is 10.1 Å². The molecule has 0 fully saturated rings. The molecule has 0 amide bonds. The van der Waals surface area contributed by atoms with Gasteiger partial charge in [0.05, 0.1) is 0 Å². The second kappa shape index (κ2) is 6.68. The highest BCUT2D eigenvalue weighted by Crippen LogP contribution is 2.25. The van der Waals surface area contributed by atoms with Crippen molar-refractivity contribution in [2.75, 3.05) is 0 Å². The van der Waals surface area contributed by atoms with Gasteiger partial charge in [0.1, 0.15) is 0 Å². The highest BCUT2D eigenvalue weighted by molar-refractivity contribution is 5.34. The molecule has 1 aromatic carbocycles. The summed E-state index contributed by atoms with van der Waals surface area (Å²) in [5.74, 6) is 0.276. The Morgan fingerprint density at radius 3 is 2.71 bits per heavy atom. The Balaban J connectivity index is 2.21. The molecule has 0 spiro atoms. The minimum absolute atomic E-state index is 0.205. The van der Waals surface area contributed by atoms with Crippen molar-refractivity contribution >= 4 is 0 Å². The third-order valence-electron chi connectivity index (χ3n) is 3.08. The largest absolute Gasteiger partial charge is 0.436 e. The van der Waals surface area contributed by atoms with Crippen LogP contribution in [0.1, 0.15) is 30.7 Å². The third kappa shape index (κ3) is 4.26. The number of hydrogen-bond donors (Lipinski definition) is 1. The average molecular weight is 288 g/mol. The van der Waals surface area contributed by atoms with Crippen LogP contribution in [0, 0.1) is 19.7 Å². The number of pyridine rings is 1. The van der Waals surface area contributed by atoms with Crippen molar-refractivity contribution in [3.8, 4) is 11.6 Å². The Bertz CT molecular complexity index is 626. The SMILES string of the molecule is Cc1cc(CNC(C)C)cc(Oc2cccc(C)c2F)n1. The summed E-state index contributed by atoms with van der Waals surface area (Å²) in [4.78, 5) is 4.31. The van der Waals surface area contributed by atoms with Gasteiger partial charge in [-0.05, 0) is 37.1 Å². The van der Waals surface area contributed by atoms with Gasteiger partial charge in [-0.15, -0.1) is 0 Å². The van der Waals surface area contributed by atoms with Crippen molar-refractivity contribution in [2.45, 2.75) is 40.3 Å². The van der Waals surface area contributed by atoms with E-state index in [4.69, 9.17) is 4.74 Å². The third-order valence-corrected chi connectivity index (χ3v) is 3.08. The molecule has 112 valence electrons. The van der Waals surface area contributed by atoms with Gasteiger partial charge in [-0.1, -0.05) is 26.0 Å². The molecule has 0 aliphatic heterocycles. The number of rotatable bonds is 5. The van der Waals surface area contributed by atoms with Crippen molar-refractivity contribution < 1.29 is 9.13 Å². The predicted molar refractivity (Wildman–Crippen MR) is 82.2 cm³/mol. The van der Waals surface area contributed by atoms with Crippen LogP contribution in [0.5, 0.6) is 11.6 Å². The van der Waals surface area contributed by atoms with Gasteiger partial charge in [-0.3, -0.25) is 0 Å². The molecule has 1 heterocycles. The van der Waals surface area contributed by atoms with E-state index in [9.17, 15) is 4.39 Å². The molecular weight excluding hydrogens is 267 g/mol. The Labute approximate surface area is 125 Å². The van der Waals surface area contributed by atoms with E-state index in [1.54, 1.807) is 25.1 Å². The van der Waals surface area contributed by atoms with Gasteiger partial charge in [-0.25, -0.2) is 9.37 Å². The molecule has 0 aliphatic carbocycles. The van der Waals surface area contributed by atoms with E-state index in [0.717, 1.165) is 17.8 Å². The standard InChI is InChI=1S/C17H21FN2O/c1-11(2)19-10-14-8-13(4)20-16(9-14)21-15-7-5-6-12(3)17(15)18/h5-9,11,19H,10H2,1-4H3. The number of aromatic nitrogens is 1. The van der Waals surface area contributed by atoms with Crippen LogP contribution >= 0.6 is 0 Å². The first kappa shape index (κ1) is 15.4. The maximum Gasteiger partial charge on any atom is 0.219 e. The fourth-order valence-corrected chi connectivity index (χ4v) is 2.00. The zero-order valence-corrected chi connectivity index (χ0v) is 12.9. The van der Waals surface area contributed by atoms with Crippen molar-refractivity contribution in [1.82, 2.24) is 10.3 Å². The quantitative estimate of drug-likeness (QED) is 0.898. The maximum atomic E-state index is 14.0. The minimum atomic E-state index is -0.345. The van der Waals surface area contributed by atoms with Crippen molar-refractivity contribution in [3.05, 3.63) is 53.0 Å². The number of aryl methyl sites for hydroxylation is 2. The summed E-state index contributed by atoms with van der Waals surface area (Å²) in [5, 5.41) is 3.34. The van der Waals surface area contributed by atoms with Crippen LogP contribution in [0.2, 0.25) is 0 Å². The van der Waals surface area contributed by atoms with Crippen molar-refractivity contribution in [3.63, 3.8) is 0 Å². The summed E-state index contributed by atoms with van der Waals surface area (Å²) in [5.41, 5.74) is 2.47. The molecule has 0 saturated heterocycles. The first-order valence-corrected chi connectivity index (χ1v) is 7.09. The number of halogens is 1. The van der Waals surface area contributed by atoms with Crippen LogP contribution in [-0.4, -0.2) is 11.0 Å².